The van der Waals surface area contributed by atoms with E-state index >= 15 is 4.39 Å². The highest BCUT2D eigenvalue weighted by atomic mass is 19.4. The zero-order valence-corrected chi connectivity index (χ0v) is 19.0. The van der Waals surface area contributed by atoms with Gasteiger partial charge in [0.05, 0.1) is 28.2 Å². The van der Waals surface area contributed by atoms with Gasteiger partial charge in [-0.1, -0.05) is 0 Å². The molecule has 206 valence electrons. The van der Waals surface area contributed by atoms with Crippen molar-refractivity contribution in [2.24, 2.45) is 11.7 Å². The van der Waals surface area contributed by atoms with Gasteiger partial charge in [-0.25, -0.2) is 18.0 Å². The van der Waals surface area contributed by atoms with Gasteiger partial charge in [-0.15, -0.1) is 0 Å². The van der Waals surface area contributed by atoms with E-state index in [1.807, 2.05) is 4.98 Å². The molecule has 1 saturated heterocycles. The van der Waals surface area contributed by atoms with Gasteiger partial charge in [0.1, 0.15) is 0 Å². The molecule has 1 aliphatic carbocycles. The number of aromatic nitrogens is 2. The lowest BCUT2D eigenvalue weighted by Crippen LogP contribution is -2.69. The average Bonchev–Trinajstić information content (AvgIpc) is 3.47. The highest BCUT2D eigenvalue weighted by Gasteiger charge is 2.74. The van der Waals surface area contributed by atoms with Crippen LogP contribution in [0.2, 0.25) is 0 Å². The smallest absolute Gasteiger partial charge is 0.372 e. The van der Waals surface area contributed by atoms with Crippen LogP contribution in [-0.2, 0) is 0 Å². The molecule has 2 atom stereocenters. The van der Waals surface area contributed by atoms with Crippen molar-refractivity contribution in [2.75, 3.05) is 18.0 Å². The van der Waals surface area contributed by atoms with E-state index in [1.54, 1.807) is 0 Å². The summed E-state index contributed by atoms with van der Waals surface area (Å²) >= 11 is 0. The molecule has 2 fully saturated rings. The Balaban J connectivity index is 1.86. The molecule has 4 rings (SSSR count). The Morgan fingerprint density at radius 1 is 1.05 bits per heavy atom. The second kappa shape index (κ2) is 8.64. The quantitative estimate of drug-likeness (QED) is 0.497. The first-order valence-electron chi connectivity index (χ1n) is 11.1. The number of H-pyrrole nitrogens is 1. The van der Waals surface area contributed by atoms with Crippen LogP contribution in [0, 0.1) is 18.7 Å². The van der Waals surface area contributed by atoms with Gasteiger partial charge in [0, 0.05) is 24.7 Å². The van der Waals surface area contributed by atoms with Crippen LogP contribution < -0.4 is 21.9 Å². The van der Waals surface area contributed by atoms with Crippen LogP contribution in [0.5, 0.6) is 0 Å². The molecule has 0 radical (unpaired) electrons. The maximum absolute atomic E-state index is 15.5. The van der Waals surface area contributed by atoms with Gasteiger partial charge < -0.3 is 15.7 Å². The van der Waals surface area contributed by atoms with E-state index in [9.17, 15) is 49.8 Å². The van der Waals surface area contributed by atoms with E-state index in [-0.39, 0.29) is 11.1 Å². The summed E-state index contributed by atoms with van der Waals surface area (Å²) in [6.45, 7) is 0.0637. The Kier molecular flexibility index (Phi) is 6.38. The Hall–Kier alpha value is -2.75. The Labute approximate surface area is 201 Å². The van der Waals surface area contributed by atoms with Gasteiger partial charge in [0.2, 0.25) is 0 Å². The summed E-state index contributed by atoms with van der Waals surface area (Å²) in [5.74, 6) is -3.27. The summed E-state index contributed by atoms with van der Waals surface area (Å²) in [5.41, 5.74) is -4.56. The standard InChI is InChI=1S/C21H21F9N4O3/c1-7-13-11(17(35)32-18(36)34(13)9-2-3-9)10(16(23)24)12(22)14(7)33-5-4-8(6-33)15(31)19(37,20(25,26)27)21(28,29)30/h8-9,15-16,37H,2-6,31H2,1H3,(H,32,35,36). The normalized spacial score (nSPS) is 20.4. The summed E-state index contributed by atoms with van der Waals surface area (Å²) in [6, 6.07) is -3.38. The molecule has 0 bridgehead atoms. The predicted octanol–water partition coefficient (Wildman–Crippen LogP) is 3.42. The monoisotopic (exact) mass is 548 g/mol. The molecule has 7 nitrogen and oxygen atoms in total. The third-order valence-corrected chi connectivity index (χ3v) is 7.09. The fourth-order valence-electron chi connectivity index (χ4n) is 5.11. The van der Waals surface area contributed by atoms with Crippen molar-refractivity contribution in [3.05, 3.63) is 37.8 Å². The van der Waals surface area contributed by atoms with Gasteiger partial charge >= 0.3 is 18.0 Å². The van der Waals surface area contributed by atoms with Gasteiger partial charge in [-0.3, -0.25) is 14.3 Å². The first kappa shape index (κ1) is 27.3. The number of nitrogens with two attached hydrogens (primary N) is 1. The Bertz CT molecular complexity index is 1330. The zero-order chi connectivity index (χ0) is 27.8. The van der Waals surface area contributed by atoms with E-state index in [0.717, 1.165) is 9.47 Å². The van der Waals surface area contributed by atoms with E-state index in [1.165, 1.54) is 6.92 Å². The van der Waals surface area contributed by atoms with E-state index in [4.69, 9.17) is 5.73 Å². The van der Waals surface area contributed by atoms with Crippen molar-refractivity contribution in [1.82, 2.24) is 9.55 Å². The summed E-state index contributed by atoms with van der Waals surface area (Å²) in [7, 11) is 0. The number of halogens is 9. The number of aryl methyl sites for hydroxylation is 1. The molecule has 2 aliphatic rings. The number of anilines is 1. The average molecular weight is 548 g/mol. The minimum atomic E-state index is -6.19. The number of nitrogens with zero attached hydrogens (tertiary/aromatic N) is 2. The number of aliphatic hydroxyl groups is 1. The first-order chi connectivity index (χ1) is 16.9. The van der Waals surface area contributed by atoms with Gasteiger partial charge in [0.25, 0.3) is 17.6 Å². The molecule has 1 aromatic carbocycles. The van der Waals surface area contributed by atoms with Crippen LogP contribution in [0.4, 0.5) is 45.2 Å². The molecule has 37 heavy (non-hydrogen) atoms. The van der Waals surface area contributed by atoms with E-state index < -0.39 is 95.6 Å². The number of hydrogen-bond donors (Lipinski definition) is 3. The summed E-state index contributed by atoms with van der Waals surface area (Å²) in [4.78, 5) is 27.8. The Morgan fingerprint density at radius 3 is 2.11 bits per heavy atom. The molecule has 1 saturated carbocycles. The minimum absolute atomic E-state index is 0.164. The van der Waals surface area contributed by atoms with Crippen LogP contribution >= 0.6 is 0 Å². The fourth-order valence-corrected chi connectivity index (χ4v) is 5.11. The lowest BCUT2D eigenvalue weighted by Gasteiger charge is -2.39. The molecule has 2 aromatic rings. The third kappa shape index (κ3) is 4.08. The lowest BCUT2D eigenvalue weighted by molar-refractivity contribution is -0.377. The molecule has 0 spiro atoms. The molecular formula is C21H21F9N4O3. The van der Waals surface area contributed by atoms with Crippen molar-refractivity contribution >= 4 is 16.6 Å². The SMILES string of the molecule is Cc1c(N2CCC(C(N)C(O)(C(F)(F)F)C(F)(F)F)C2)c(F)c(C(F)F)c2c(=O)[nH]c(=O)n(C3CC3)c12. The van der Waals surface area contributed by atoms with Crippen molar-refractivity contribution in [1.29, 1.82) is 0 Å². The summed E-state index contributed by atoms with van der Waals surface area (Å²) in [6.07, 6.45) is -15.5. The van der Waals surface area contributed by atoms with Crippen molar-refractivity contribution < 1.29 is 44.6 Å². The topological polar surface area (TPSA) is 104 Å². The summed E-state index contributed by atoms with van der Waals surface area (Å²) in [5, 5.41) is 8.89. The Morgan fingerprint density at radius 2 is 1.62 bits per heavy atom. The number of rotatable bonds is 5. The van der Waals surface area contributed by atoms with Crippen molar-refractivity contribution in [3.8, 4) is 0 Å². The number of aromatic amines is 1. The van der Waals surface area contributed by atoms with E-state index in [0.29, 0.717) is 12.8 Å². The van der Waals surface area contributed by atoms with E-state index in [2.05, 4.69) is 0 Å². The van der Waals surface area contributed by atoms with Gasteiger partial charge in [0.15, 0.2) is 5.82 Å². The number of fused-ring (bicyclic) bond motifs is 1. The van der Waals surface area contributed by atoms with Gasteiger partial charge in [-0.05, 0) is 32.1 Å². The zero-order valence-electron chi connectivity index (χ0n) is 19.0. The minimum Gasteiger partial charge on any atom is -0.372 e. The first-order valence-corrected chi connectivity index (χ1v) is 11.1. The van der Waals surface area contributed by atoms with Crippen molar-refractivity contribution in [2.45, 2.75) is 62.6 Å². The second-order valence-electron chi connectivity index (χ2n) is 9.37. The molecule has 4 N–H and O–H groups in total. The molecule has 16 heteroatoms. The third-order valence-electron chi connectivity index (χ3n) is 7.09. The number of nitrogens with one attached hydrogen (secondary N) is 1. The molecule has 1 aromatic heterocycles. The van der Waals surface area contributed by atoms with Crippen LogP contribution in [0.15, 0.2) is 9.59 Å². The van der Waals surface area contributed by atoms with Crippen LogP contribution in [0.3, 0.4) is 0 Å². The molecule has 1 aliphatic heterocycles. The largest absolute Gasteiger partial charge is 0.427 e. The molecular weight excluding hydrogens is 527 g/mol. The highest BCUT2D eigenvalue weighted by molar-refractivity contribution is 5.90. The maximum Gasteiger partial charge on any atom is 0.427 e. The van der Waals surface area contributed by atoms with Crippen molar-refractivity contribution in [3.63, 3.8) is 0 Å². The number of alkyl halides is 8. The molecule has 0 amide bonds. The number of hydrogen-bond acceptors (Lipinski definition) is 5. The van der Waals surface area contributed by atoms with Gasteiger partial charge in [-0.2, -0.15) is 26.3 Å². The maximum atomic E-state index is 15.5. The fraction of sp³-hybridized carbons (Fsp3) is 0.619. The highest BCUT2D eigenvalue weighted by Crippen LogP contribution is 2.48. The van der Waals surface area contributed by atoms with Crippen LogP contribution in [-0.4, -0.2) is 51.7 Å². The lowest BCUT2D eigenvalue weighted by atomic mass is 9.83. The molecule has 2 heterocycles. The molecule has 2 unspecified atom stereocenters. The second-order valence-corrected chi connectivity index (χ2v) is 9.37. The van der Waals surface area contributed by atoms with Crippen LogP contribution in [0.1, 0.15) is 42.9 Å². The predicted molar refractivity (Wildman–Crippen MR) is 112 cm³/mol. The summed E-state index contributed by atoms with van der Waals surface area (Å²) < 4.78 is 124. The number of benzene rings is 1. The van der Waals surface area contributed by atoms with Crippen LogP contribution in [0.25, 0.3) is 10.9 Å².